The highest BCUT2D eigenvalue weighted by Crippen LogP contribution is 2.25. The Hall–Kier alpha value is -0.890. The lowest BCUT2D eigenvalue weighted by molar-refractivity contribution is 0.621. The maximum absolute atomic E-state index is 13.4. The Labute approximate surface area is 123 Å². The summed E-state index contributed by atoms with van der Waals surface area (Å²) in [6.45, 7) is 2.66. The molecule has 0 aliphatic carbocycles. The van der Waals surface area contributed by atoms with E-state index in [0.29, 0.717) is 21.5 Å². The summed E-state index contributed by atoms with van der Waals surface area (Å²) in [4.78, 5) is 5.54. The quantitative estimate of drug-likeness (QED) is 0.632. The van der Waals surface area contributed by atoms with Gasteiger partial charge in [0.2, 0.25) is 0 Å². The Morgan fingerprint density at radius 1 is 1.50 bits per heavy atom. The van der Waals surface area contributed by atoms with Crippen LogP contribution in [0.3, 0.4) is 0 Å². The minimum atomic E-state index is -0.263. The van der Waals surface area contributed by atoms with Crippen LogP contribution in [-0.4, -0.2) is 4.98 Å². The van der Waals surface area contributed by atoms with Crippen LogP contribution in [-0.2, 0) is 13.0 Å². The van der Waals surface area contributed by atoms with E-state index in [-0.39, 0.29) is 5.82 Å². The number of aromatic nitrogens is 1. The van der Waals surface area contributed by atoms with Crippen molar-refractivity contribution in [3.63, 3.8) is 0 Å². The first kappa shape index (κ1) is 13.5. The van der Waals surface area contributed by atoms with Gasteiger partial charge in [0.25, 0.3) is 0 Å². The van der Waals surface area contributed by atoms with Crippen molar-refractivity contribution in [1.82, 2.24) is 4.98 Å². The average Bonchev–Trinajstić information content (AvgIpc) is 2.80. The molecule has 3 N–H and O–H groups in total. The number of hydrogen-bond donors (Lipinski definition) is 2. The molecular formula is C12H13FIN3S. The van der Waals surface area contributed by atoms with E-state index in [4.69, 9.17) is 5.73 Å². The number of nitrogens with one attached hydrogen (secondary N) is 1. The molecule has 0 aliphatic rings. The van der Waals surface area contributed by atoms with E-state index in [9.17, 15) is 4.39 Å². The Morgan fingerprint density at radius 3 is 2.94 bits per heavy atom. The van der Waals surface area contributed by atoms with E-state index in [1.807, 2.05) is 28.8 Å². The molecule has 3 nitrogen and oxygen atoms in total. The largest absolute Gasteiger partial charge is 0.397 e. The lowest BCUT2D eigenvalue weighted by atomic mass is 10.2. The fraction of sp³-hybridized carbons (Fsp3) is 0.250. The average molecular weight is 377 g/mol. The number of thiazole rings is 1. The Kier molecular flexibility index (Phi) is 4.39. The second-order valence-corrected chi connectivity index (χ2v) is 6.14. The van der Waals surface area contributed by atoms with Gasteiger partial charge in [-0.15, -0.1) is 11.3 Å². The zero-order valence-corrected chi connectivity index (χ0v) is 12.8. The van der Waals surface area contributed by atoms with E-state index < -0.39 is 0 Å². The van der Waals surface area contributed by atoms with Gasteiger partial charge in [-0.2, -0.15) is 0 Å². The van der Waals surface area contributed by atoms with Crippen LogP contribution in [0.5, 0.6) is 0 Å². The Balaban J connectivity index is 2.08. The second-order valence-electron chi connectivity index (χ2n) is 3.78. The van der Waals surface area contributed by atoms with Crippen molar-refractivity contribution >= 4 is 45.3 Å². The topological polar surface area (TPSA) is 50.9 Å². The Bertz CT molecular complexity index is 556. The number of benzene rings is 1. The molecule has 0 saturated heterocycles. The van der Waals surface area contributed by atoms with Gasteiger partial charge < -0.3 is 11.1 Å². The molecular weight excluding hydrogens is 364 g/mol. The number of rotatable bonds is 4. The van der Waals surface area contributed by atoms with Crippen LogP contribution in [0.15, 0.2) is 18.3 Å². The predicted octanol–water partition coefficient (Wildman–Crippen LogP) is 3.64. The lowest BCUT2D eigenvalue weighted by Crippen LogP contribution is -2.03. The summed E-state index contributed by atoms with van der Waals surface area (Å²) in [7, 11) is 0. The first-order valence-corrected chi connectivity index (χ1v) is 7.41. The molecule has 0 amide bonds. The summed E-state index contributed by atoms with van der Waals surface area (Å²) < 4.78 is 14.0. The molecule has 0 aliphatic heterocycles. The van der Waals surface area contributed by atoms with E-state index in [2.05, 4.69) is 17.2 Å². The van der Waals surface area contributed by atoms with E-state index in [1.54, 1.807) is 17.4 Å². The van der Waals surface area contributed by atoms with Crippen LogP contribution in [0.1, 0.15) is 16.8 Å². The fourth-order valence-electron chi connectivity index (χ4n) is 1.48. The summed E-state index contributed by atoms with van der Waals surface area (Å²) in [5.41, 5.74) is 7.00. The molecule has 1 aromatic heterocycles. The number of nitrogens with zero attached hydrogens (tertiary/aromatic N) is 1. The van der Waals surface area contributed by atoms with Crippen LogP contribution in [0.25, 0.3) is 0 Å². The van der Waals surface area contributed by atoms with Crippen molar-refractivity contribution in [3.8, 4) is 0 Å². The monoisotopic (exact) mass is 377 g/mol. The van der Waals surface area contributed by atoms with Gasteiger partial charge in [-0.25, -0.2) is 9.37 Å². The second kappa shape index (κ2) is 5.83. The number of hydrogen-bond acceptors (Lipinski definition) is 4. The number of nitrogen functional groups attached to an aromatic ring is 1. The standard InChI is InChI=1S/C12H13FIN3S/c1-2-7-5-17-12(18-7)6-16-11-3-8(13)9(14)4-10(11)15/h3-5,16H,2,6,15H2,1H3. The molecule has 0 saturated carbocycles. The van der Waals surface area contributed by atoms with Gasteiger partial charge in [0, 0.05) is 17.1 Å². The molecule has 0 bridgehead atoms. The van der Waals surface area contributed by atoms with Crippen LogP contribution in [0.2, 0.25) is 0 Å². The van der Waals surface area contributed by atoms with Gasteiger partial charge in [0.15, 0.2) is 0 Å². The summed E-state index contributed by atoms with van der Waals surface area (Å²) >= 11 is 3.58. The number of nitrogens with two attached hydrogens (primary N) is 1. The molecule has 96 valence electrons. The van der Waals surface area contributed by atoms with Gasteiger partial charge in [-0.3, -0.25) is 0 Å². The molecule has 0 fully saturated rings. The number of anilines is 2. The Morgan fingerprint density at radius 2 is 2.28 bits per heavy atom. The van der Waals surface area contributed by atoms with Crippen molar-refractivity contribution in [2.24, 2.45) is 0 Å². The SMILES string of the molecule is CCc1cnc(CNc2cc(F)c(I)cc2N)s1. The highest BCUT2D eigenvalue weighted by Gasteiger charge is 2.07. The summed E-state index contributed by atoms with van der Waals surface area (Å²) in [5, 5.41) is 4.09. The molecule has 6 heteroatoms. The minimum Gasteiger partial charge on any atom is -0.397 e. The van der Waals surface area contributed by atoms with Crippen molar-refractivity contribution in [1.29, 1.82) is 0 Å². The first-order valence-electron chi connectivity index (χ1n) is 5.52. The van der Waals surface area contributed by atoms with Crippen molar-refractivity contribution < 1.29 is 4.39 Å². The zero-order valence-electron chi connectivity index (χ0n) is 9.84. The maximum Gasteiger partial charge on any atom is 0.138 e. The molecule has 0 spiro atoms. The fourth-order valence-corrected chi connectivity index (χ4v) is 2.77. The summed E-state index contributed by atoms with van der Waals surface area (Å²) in [6.07, 6.45) is 2.86. The van der Waals surface area contributed by atoms with E-state index in [1.165, 1.54) is 10.9 Å². The molecule has 2 aromatic rings. The normalized spacial score (nSPS) is 10.6. The van der Waals surface area contributed by atoms with Crippen LogP contribution >= 0.6 is 33.9 Å². The van der Waals surface area contributed by atoms with Gasteiger partial charge in [0.1, 0.15) is 10.8 Å². The smallest absolute Gasteiger partial charge is 0.138 e. The predicted molar refractivity (Wildman–Crippen MR) is 82.3 cm³/mol. The zero-order chi connectivity index (χ0) is 13.1. The van der Waals surface area contributed by atoms with Crippen LogP contribution in [0.4, 0.5) is 15.8 Å². The maximum atomic E-state index is 13.4. The molecule has 2 rings (SSSR count). The third kappa shape index (κ3) is 3.11. The summed E-state index contributed by atoms with van der Waals surface area (Å²) in [6, 6.07) is 3.04. The van der Waals surface area contributed by atoms with Gasteiger partial charge in [-0.05, 0) is 35.1 Å². The highest BCUT2D eigenvalue weighted by molar-refractivity contribution is 14.1. The third-order valence-corrected chi connectivity index (χ3v) is 4.44. The van der Waals surface area contributed by atoms with Gasteiger partial charge in [-0.1, -0.05) is 6.92 Å². The van der Waals surface area contributed by atoms with E-state index in [0.717, 1.165) is 11.4 Å². The lowest BCUT2D eigenvalue weighted by Gasteiger charge is -2.08. The van der Waals surface area contributed by atoms with Crippen LogP contribution < -0.4 is 11.1 Å². The van der Waals surface area contributed by atoms with Gasteiger partial charge in [0.05, 0.1) is 21.5 Å². The molecule has 18 heavy (non-hydrogen) atoms. The van der Waals surface area contributed by atoms with Crippen molar-refractivity contribution in [2.75, 3.05) is 11.1 Å². The number of aryl methyl sites for hydroxylation is 1. The van der Waals surface area contributed by atoms with Crippen LogP contribution in [0, 0.1) is 9.39 Å². The molecule has 0 unspecified atom stereocenters. The van der Waals surface area contributed by atoms with E-state index >= 15 is 0 Å². The third-order valence-electron chi connectivity index (χ3n) is 2.47. The van der Waals surface area contributed by atoms with Crippen molar-refractivity contribution in [3.05, 3.63) is 37.6 Å². The van der Waals surface area contributed by atoms with Gasteiger partial charge >= 0.3 is 0 Å². The molecule has 0 radical (unpaired) electrons. The van der Waals surface area contributed by atoms with Crippen molar-refractivity contribution in [2.45, 2.75) is 19.9 Å². The molecule has 1 heterocycles. The first-order chi connectivity index (χ1) is 8.60. The summed E-state index contributed by atoms with van der Waals surface area (Å²) in [5.74, 6) is -0.263. The molecule has 1 aromatic carbocycles. The highest BCUT2D eigenvalue weighted by atomic mass is 127. The number of halogens is 2. The molecule has 0 atom stereocenters. The minimum absolute atomic E-state index is 0.263.